The molecule has 13 nitrogen and oxygen atoms in total. The number of aliphatic carboxylic acids is 1. The van der Waals surface area contributed by atoms with Crippen molar-refractivity contribution < 1.29 is 44.1 Å². The van der Waals surface area contributed by atoms with Gasteiger partial charge in [0.25, 0.3) is 5.91 Å². The molecule has 0 saturated heterocycles. The zero-order valence-electron chi connectivity index (χ0n) is 15.9. The number of nitrogens with one attached hydrogen (secondary N) is 1. The van der Waals surface area contributed by atoms with Crippen LogP contribution in [0.3, 0.4) is 0 Å². The molecule has 0 aromatic heterocycles. The van der Waals surface area contributed by atoms with Crippen LogP contribution in [0.15, 0.2) is 5.16 Å². The number of hydrogen-bond donors (Lipinski definition) is 5. The number of esters is 1. The highest BCUT2D eigenvalue weighted by atomic mass is 32.2. The van der Waals surface area contributed by atoms with Crippen molar-refractivity contribution in [2.45, 2.75) is 31.8 Å². The first kappa shape index (κ1) is 26.1. The summed E-state index contributed by atoms with van der Waals surface area (Å²) in [5, 5.41) is 31.7. The van der Waals surface area contributed by atoms with Crippen molar-refractivity contribution in [3.8, 4) is 0 Å². The molecule has 3 amide bonds. The van der Waals surface area contributed by atoms with Crippen molar-refractivity contribution in [3.63, 3.8) is 0 Å². The van der Waals surface area contributed by atoms with Gasteiger partial charge in [-0.25, -0.2) is 14.5 Å². The Bertz CT molecular complexity index is 656. The molecule has 0 aliphatic rings. The number of hydrogen-bond acceptors (Lipinski definition) is 10. The number of oxime groups is 1. The van der Waals surface area contributed by atoms with Crippen molar-refractivity contribution in [2.75, 3.05) is 25.2 Å². The molecule has 0 rings (SSSR count). The summed E-state index contributed by atoms with van der Waals surface area (Å²) in [6.45, 7) is 1.61. The Kier molecular flexibility index (Phi) is 12.0. The van der Waals surface area contributed by atoms with Gasteiger partial charge in [-0.1, -0.05) is 5.16 Å². The van der Waals surface area contributed by atoms with Crippen LogP contribution < -0.4 is 11.1 Å². The largest absolute Gasteiger partial charge is 0.480 e. The van der Waals surface area contributed by atoms with Crippen LogP contribution in [0.5, 0.6) is 0 Å². The fourth-order valence-corrected chi connectivity index (χ4v) is 2.74. The zero-order chi connectivity index (χ0) is 22.6. The Morgan fingerprint density at radius 3 is 2.34 bits per heavy atom. The Balaban J connectivity index is 5.00. The van der Waals surface area contributed by atoms with E-state index in [0.29, 0.717) is 4.90 Å². The molecule has 0 saturated carbocycles. The second kappa shape index (κ2) is 13.3. The van der Waals surface area contributed by atoms with Crippen LogP contribution in [-0.2, 0) is 23.9 Å². The maximum atomic E-state index is 12.3. The first-order valence-corrected chi connectivity index (χ1v) is 9.44. The van der Waals surface area contributed by atoms with Crippen molar-refractivity contribution in [1.29, 1.82) is 0 Å². The van der Waals surface area contributed by atoms with Gasteiger partial charge >= 0.3 is 18.0 Å². The van der Waals surface area contributed by atoms with Crippen LogP contribution >= 0.6 is 11.8 Å². The van der Waals surface area contributed by atoms with E-state index in [1.165, 1.54) is 0 Å². The Morgan fingerprint density at radius 1 is 1.24 bits per heavy atom. The summed E-state index contributed by atoms with van der Waals surface area (Å²) in [7, 11) is 0.994. The first-order valence-electron chi connectivity index (χ1n) is 8.29. The number of rotatable bonds is 12. The summed E-state index contributed by atoms with van der Waals surface area (Å²) in [6.07, 6.45) is -2.03. The molecule has 0 aromatic carbocycles. The molecule has 29 heavy (non-hydrogen) atoms. The monoisotopic (exact) mass is 436 g/mol. The SMILES string of the molecule is CCOC(=O)/C(CSCC(NC(=O)CCC(N)C(=O)O)C(=O)N(C)C(=O)O)=N\O. The van der Waals surface area contributed by atoms with Crippen LogP contribution in [-0.4, -0.2) is 93.1 Å². The lowest BCUT2D eigenvalue weighted by atomic mass is 10.1. The Morgan fingerprint density at radius 2 is 1.86 bits per heavy atom. The van der Waals surface area contributed by atoms with Gasteiger partial charge < -0.3 is 31.2 Å². The summed E-state index contributed by atoms with van der Waals surface area (Å²) in [6, 6.07) is -2.56. The van der Waals surface area contributed by atoms with Crippen LogP contribution in [0.2, 0.25) is 0 Å². The minimum absolute atomic E-state index is 0.0571. The molecule has 0 bridgehead atoms. The molecule has 0 spiro atoms. The van der Waals surface area contributed by atoms with E-state index in [4.69, 9.17) is 21.2 Å². The van der Waals surface area contributed by atoms with Gasteiger partial charge in [-0.05, 0) is 13.3 Å². The fourth-order valence-electron chi connectivity index (χ4n) is 1.80. The van der Waals surface area contributed by atoms with E-state index in [1.807, 2.05) is 0 Å². The minimum atomic E-state index is -1.55. The number of ether oxygens (including phenoxy) is 1. The maximum absolute atomic E-state index is 12.3. The third-order valence-electron chi connectivity index (χ3n) is 3.41. The lowest BCUT2D eigenvalue weighted by Gasteiger charge is -2.21. The second-order valence-electron chi connectivity index (χ2n) is 5.57. The average molecular weight is 436 g/mol. The van der Waals surface area contributed by atoms with Gasteiger partial charge in [0.15, 0.2) is 5.71 Å². The number of likely N-dealkylation sites (N-methyl/N-ethyl adjacent to an activating group) is 1. The van der Waals surface area contributed by atoms with Gasteiger partial charge in [0, 0.05) is 25.0 Å². The Labute approximate surface area is 170 Å². The summed E-state index contributed by atoms with van der Waals surface area (Å²) in [5.74, 6) is -4.14. The minimum Gasteiger partial charge on any atom is -0.480 e. The highest BCUT2D eigenvalue weighted by Crippen LogP contribution is 2.08. The third kappa shape index (κ3) is 9.75. The lowest BCUT2D eigenvalue weighted by Crippen LogP contribution is -2.50. The molecular formula is C15H24N4O9S. The number of nitrogens with two attached hydrogens (primary N) is 1. The quantitative estimate of drug-likeness (QED) is 0.108. The molecular weight excluding hydrogens is 412 g/mol. The summed E-state index contributed by atoms with van der Waals surface area (Å²) in [4.78, 5) is 57.9. The zero-order valence-corrected chi connectivity index (χ0v) is 16.7. The maximum Gasteiger partial charge on any atom is 0.413 e. The highest BCUT2D eigenvalue weighted by Gasteiger charge is 2.28. The number of amides is 3. The predicted octanol–water partition coefficient (Wildman–Crippen LogP) is -1.07. The molecule has 0 radical (unpaired) electrons. The van der Waals surface area contributed by atoms with Crippen LogP contribution in [0.25, 0.3) is 0 Å². The summed E-state index contributed by atoms with van der Waals surface area (Å²) < 4.78 is 4.68. The predicted molar refractivity (Wildman–Crippen MR) is 101 cm³/mol. The van der Waals surface area contributed by atoms with Gasteiger partial charge in [0.05, 0.1) is 6.61 Å². The van der Waals surface area contributed by atoms with E-state index in [9.17, 15) is 24.0 Å². The number of imide groups is 1. The standard InChI is InChI=1S/C15H24N4O9S/c1-3-28-14(24)10(18-27)7-29-6-9(12(21)19(2)15(25)26)17-11(20)5-4-8(16)13(22)23/h8-9,27H,3-7,16H2,1-2H3,(H,17,20)(H,22,23)(H,25,26)/b18-10-. The van der Waals surface area contributed by atoms with Crippen LogP contribution in [0, 0.1) is 0 Å². The number of carbonyl (C=O) groups is 5. The molecule has 14 heteroatoms. The van der Waals surface area contributed by atoms with Crippen LogP contribution in [0.1, 0.15) is 19.8 Å². The number of nitrogens with zero attached hydrogens (tertiary/aromatic N) is 2. The average Bonchev–Trinajstić information content (AvgIpc) is 2.67. The van der Waals surface area contributed by atoms with Gasteiger partial charge in [0.1, 0.15) is 12.1 Å². The second-order valence-corrected chi connectivity index (χ2v) is 6.60. The van der Waals surface area contributed by atoms with E-state index < -0.39 is 41.9 Å². The van der Waals surface area contributed by atoms with E-state index in [2.05, 4.69) is 15.2 Å². The molecule has 2 atom stereocenters. The summed E-state index contributed by atoms with van der Waals surface area (Å²) >= 11 is 0.911. The molecule has 0 aliphatic heterocycles. The highest BCUT2D eigenvalue weighted by molar-refractivity contribution is 8.00. The smallest absolute Gasteiger partial charge is 0.413 e. The van der Waals surface area contributed by atoms with E-state index in [0.717, 1.165) is 18.8 Å². The van der Waals surface area contributed by atoms with Crippen molar-refractivity contribution in [2.24, 2.45) is 10.9 Å². The van der Waals surface area contributed by atoms with Gasteiger partial charge in [0.2, 0.25) is 5.91 Å². The molecule has 2 unspecified atom stereocenters. The third-order valence-corrected chi connectivity index (χ3v) is 4.45. The summed E-state index contributed by atoms with van der Waals surface area (Å²) in [5.41, 5.74) is 4.98. The molecule has 0 aromatic rings. The van der Waals surface area contributed by atoms with Gasteiger partial charge in [-0.15, -0.1) is 0 Å². The normalized spacial score (nSPS) is 13.1. The Hall–Kier alpha value is -2.87. The molecule has 0 aliphatic carbocycles. The van der Waals surface area contributed by atoms with Gasteiger partial charge in [-0.3, -0.25) is 14.4 Å². The fraction of sp³-hybridized carbons (Fsp3) is 0.600. The van der Waals surface area contributed by atoms with Crippen molar-refractivity contribution >= 4 is 47.3 Å². The topological polar surface area (TPSA) is 209 Å². The number of carboxylic acids is 1. The number of carboxylic acid groups (broad SMARTS) is 2. The molecule has 0 heterocycles. The first-order chi connectivity index (χ1) is 13.5. The number of carbonyl (C=O) groups excluding carboxylic acids is 3. The number of thioether (sulfide) groups is 1. The molecule has 164 valence electrons. The van der Waals surface area contributed by atoms with E-state index in [1.54, 1.807) is 6.92 Å². The lowest BCUT2D eigenvalue weighted by molar-refractivity contribution is -0.139. The van der Waals surface area contributed by atoms with Crippen molar-refractivity contribution in [3.05, 3.63) is 0 Å². The van der Waals surface area contributed by atoms with E-state index >= 15 is 0 Å². The van der Waals surface area contributed by atoms with Crippen molar-refractivity contribution in [1.82, 2.24) is 10.2 Å². The molecule has 6 N–H and O–H groups in total. The van der Waals surface area contributed by atoms with Crippen LogP contribution in [0.4, 0.5) is 4.79 Å². The van der Waals surface area contributed by atoms with Gasteiger partial charge in [-0.2, -0.15) is 11.8 Å². The van der Waals surface area contributed by atoms with E-state index in [-0.39, 0.29) is 36.7 Å². The molecule has 0 fully saturated rings.